The fraction of sp³-hybridized carbons (Fsp3) is 0.0563. The molecule has 78 heavy (non-hydrogen) atoms. The summed E-state index contributed by atoms with van der Waals surface area (Å²) in [7, 11) is 0. The van der Waals surface area contributed by atoms with Gasteiger partial charge in [0.1, 0.15) is 5.82 Å². The number of benzene rings is 10. The minimum atomic E-state index is -0.577. The minimum Gasteiger partial charge on any atom is -0.510 e. The molecule has 0 bridgehead atoms. The first-order valence-corrected chi connectivity index (χ1v) is 25.0. The number of hydrogen-bond acceptors (Lipinski definition) is 2. The average Bonchev–Trinajstić information content (AvgIpc) is 1.65. The molecular weight excluding hydrogens is 1130 g/mol. The number of ether oxygens (including phenoxy) is 1. The Bertz CT molecular complexity index is 4980. The van der Waals surface area contributed by atoms with Gasteiger partial charge in [-0.05, 0) is 86.3 Å². The molecule has 14 aromatic rings. The summed E-state index contributed by atoms with van der Waals surface area (Å²) in [6, 6.07) is 59.5. The number of hydrogen-bond donors (Lipinski definition) is 0. The second-order valence-corrected chi connectivity index (χ2v) is 19.7. The molecule has 7 heteroatoms. The Morgan fingerprint density at radius 1 is 0.513 bits per heavy atom. The average molecular weight is 1200 g/mol. The van der Waals surface area contributed by atoms with E-state index in [1.807, 2.05) is 54.7 Å². The predicted octanol–water partition coefficient (Wildman–Crippen LogP) is 17.4. The van der Waals surface area contributed by atoms with E-state index in [1.54, 1.807) is 33.4 Å². The Morgan fingerprint density at radius 3 is 1.81 bits per heavy atom. The number of rotatable bonds is 9. The van der Waals surface area contributed by atoms with Crippen molar-refractivity contribution in [1.82, 2.24) is 18.7 Å². The minimum absolute atomic E-state index is 0. The third-order valence-electron chi connectivity index (χ3n) is 14.1. The van der Waals surface area contributed by atoms with Gasteiger partial charge in [-0.15, -0.1) is 29.7 Å². The van der Waals surface area contributed by atoms with Crippen molar-refractivity contribution in [2.45, 2.75) is 26.2 Å². The number of fused-ring (bicyclic) bond motifs is 7. The van der Waals surface area contributed by atoms with Gasteiger partial charge in [-0.25, -0.2) is 4.98 Å². The van der Waals surface area contributed by atoms with Gasteiger partial charge < -0.3 is 25.9 Å². The van der Waals surface area contributed by atoms with Crippen molar-refractivity contribution < 1.29 is 44.1 Å². The van der Waals surface area contributed by atoms with E-state index in [0.29, 0.717) is 28.2 Å². The Hall–Kier alpha value is -9.09. The molecule has 0 N–H and O–H groups in total. The first-order valence-electron chi connectivity index (χ1n) is 30.0. The number of para-hydroxylation sites is 6. The van der Waals surface area contributed by atoms with Crippen LogP contribution < -0.4 is 9.30 Å². The van der Waals surface area contributed by atoms with Crippen LogP contribution in [0.4, 0.5) is 0 Å². The first kappa shape index (κ1) is 39.3. The van der Waals surface area contributed by atoms with E-state index in [9.17, 15) is 0 Å². The van der Waals surface area contributed by atoms with Crippen LogP contribution in [0.15, 0.2) is 243 Å². The molecule has 10 aromatic carbocycles. The largest absolute Gasteiger partial charge is 4.00 e. The van der Waals surface area contributed by atoms with Gasteiger partial charge in [0.25, 0.3) is 6.33 Å². The number of aromatic nitrogens is 5. The molecule has 14 rings (SSSR count). The zero-order valence-corrected chi connectivity index (χ0v) is 45.1. The molecule has 0 spiro atoms. The standard InChI is InChI=1S/C70H49N5O.CH3.Pt/c1-70(2,3)50-40-41-71-68(43-50)75-66-42-49(54-26-10-13-31-61(54)74-62-32-14-11-27-57(62)58-28-12-15-33-63(58)74)36-38-59(66)60-39-37-53(45-67(60)75)76-52-25-18-24-51(44-52)72-46-73(65-35-17-16-34-64(65)72)69-55(47-20-6-4-7-21-47)29-19-30-56(69)48-22-8-5-9-23-48;;/h4-43H,1-3H3;1H3;/q-2;-1;+4/i4D,5D,6D,7D,8D,9D,20D,21D,22D,23D;;. The summed E-state index contributed by atoms with van der Waals surface area (Å²) in [6.45, 7) is 6.55. The summed E-state index contributed by atoms with van der Waals surface area (Å²) in [5, 5.41) is 4.31. The van der Waals surface area contributed by atoms with Crippen LogP contribution in [0, 0.1) is 25.9 Å². The fourth-order valence-corrected chi connectivity index (χ4v) is 10.6. The number of nitrogens with zero attached hydrogens (tertiary/aromatic N) is 5. The Balaban J connectivity index is 0.00000377. The maximum absolute atomic E-state index is 9.09. The second-order valence-electron chi connectivity index (χ2n) is 19.7. The molecule has 4 heterocycles. The first-order chi connectivity index (χ1) is 41.5. The molecule has 4 aromatic heterocycles. The number of pyridine rings is 1. The van der Waals surface area contributed by atoms with E-state index in [0.717, 1.165) is 61.0 Å². The third kappa shape index (κ3) is 8.50. The molecule has 0 saturated heterocycles. The summed E-state index contributed by atoms with van der Waals surface area (Å²) < 4.78 is 102. The van der Waals surface area contributed by atoms with Crippen LogP contribution in [-0.2, 0) is 26.5 Å². The third-order valence-corrected chi connectivity index (χ3v) is 14.1. The Kier molecular flexibility index (Phi) is 10.1. The van der Waals surface area contributed by atoms with Gasteiger partial charge in [-0.1, -0.05) is 196 Å². The van der Waals surface area contributed by atoms with Crippen LogP contribution in [0.2, 0.25) is 0 Å². The summed E-state index contributed by atoms with van der Waals surface area (Å²) in [4.78, 5) is 5.01. The van der Waals surface area contributed by atoms with Crippen LogP contribution >= 0.6 is 0 Å². The van der Waals surface area contributed by atoms with Crippen molar-refractivity contribution in [3.05, 3.63) is 274 Å². The fourth-order valence-electron chi connectivity index (χ4n) is 10.6. The van der Waals surface area contributed by atoms with Crippen LogP contribution in [0.1, 0.15) is 40.0 Å². The van der Waals surface area contributed by atoms with Gasteiger partial charge in [0.2, 0.25) is 0 Å². The van der Waals surface area contributed by atoms with Gasteiger partial charge in [-0.3, -0.25) is 4.57 Å². The Labute approximate surface area is 483 Å². The predicted molar refractivity (Wildman–Crippen MR) is 316 cm³/mol. The van der Waals surface area contributed by atoms with Crippen molar-refractivity contribution in [2.24, 2.45) is 0 Å². The van der Waals surface area contributed by atoms with E-state index in [2.05, 4.69) is 151 Å². The topological polar surface area (TPSA) is 40.8 Å². The summed E-state index contributed by atoms with van der Waals surface area (Å²) in [6.07, 6.45) is 5.29. The van der Waals surface area contributed by atoms with Gasteiger partial charge in [0.05, 0.1) is 47.1 Å². The second kappa shape index (κ2) is 20.1. The van der Waals surface area contributed by atoms with Gasteiger partial charge in [0.15, 0.2) is 0 Å². The normalized spacial score (nSPS) is 13.4. The quantitative estimate of drug-likeness (QED) is 0.107. The molecule has 0 radical (unpaired) electrons. The van der Waals surface area contributed by atoms with E-state index in [1.165, 1.54) is 10.8 Å². The molecule has 376 valence electrons. The van der Waals surface area contributed by atoms with E-state index >= 15 is 0 Å². The van der Waals surface area contributed by atoms with Gasteiger partial charge in [-0.2, -0.15) is 18.2 Å². The van der Waals surface area contributed by atoms with Crippen molar-refractivity contribution in [1.29, 1.82) is 0 Å². The van der Waals surface area contributed by atoms with Crippen LogP contribution in [0.25, 0.3) is 111 Å². The molecule has 0 unspecified atom stereocenters. The van der Waals surface area contributed by atoms with E-state index < -0.39 is 60.4 Å². The summed E-state index contributed by atoms with van der Waals surface area (Å²) in [5.74, 6) is 1.47. The maximum atomic E-state index is 9.09. The van der Waals surface area contributed by atoms with E-state index in [-0.39, 0.29) is 61.8 Å². The van der Waals surface area contributed by atoms with Crippen LogP contribution in [-0.4, -0.2) is 18.7 Å². The molecule has 0 aliphatic rings. The van der Waals surface area contributed by atoms with Crippen LogP contribution in [0.5, 0.6) is 11.5 Å². The van der Waals surface area contributed by atoms with Crippen molar-refractivity contribution in [3.8, 4) is 67.8 Å². The molecule has 0 atom stereocenters. The zero-order chi connectivity index (χ0) is 59.6. The molecule has 6 nitrogen and oxygen atoms in total. The molecular formula is C71H52N5OPt+. The summed E-state index contributed by atoms with van der Waals surface area (Å²) in [5.41, 5.74) is 9.74. The smallest absolute Gasteiger partial charge is 0.510 e. The molecule has 0 amide bonds. The van der Waals surface area contributed by atoms with Crippen LogP contribution in [0.3, 0.4) is 0 Å². The van der Waals surface area contributed by atoms with Crippen molar-refractivity contribution in [2.75, 3.05) is 0 Å². The molecule has 0 fully saturated rings. The maximum Gasteiger partial charge on any atom is 4.00 e. The van der Waals surface area contributed by atoms with Crippen molar-refractivity contribution in [3.63, 3.8) is 0 Å². The number of imidazole rings is 1. The zero-order valence-electron chi connectivity index (χ0n) is 52.8. The van der Waals surface area contributed by atoms with Gasteiger partial charge >= 0.3 is 21.1 Å². The molecule has 0 aliphatic heterocycles. The monoisotopic (exact) mass is 1200 g/mol. The SMILES string of the molecule is [2H]c1c([2H])c([2H])c(-c2cccc(-c3c([2H])c([2H])c([2H])c([2H])c3[2H])c2-[n+]2[c-]n(-c3[c-]c(Oc4[c-]c5c(cc4)c4ccc(-c6ccccc6-n6c7ccccc7c7ccccc76)cc4n5-c4cc(C(C)(C)C)ccn4)ccc3)c3ccccc32)c([2H])c1[2H].[CH3-].[Pt+4]. The molecule has 0 aliphatic carbocycles. The summed E-state index contributed by atoms with van der Waals surface area (Å²) >= 11 is 0. The van der Waals surface area contributed by atoms with Gasteiger partial charge in [0, 0.05) is 39.5 Å². The van der Waals surface area contributed by atoms with Crippen molar-refractivity contribution >= 4 is 54.6 Å². The Morgan fingerprint density at radius 2 is 1.10 bits per heavy atom. The van der Waals surface area contributed by atoms with E-state index in [4.69, 9.17) is 23.4 Å². The molecule has 0 saturated carbocycles.